The average molecular weight is 278 g/mol. The number of ether oxygens (including phenoxy) is 1. The molecule has 0 saturated heterocycles. The molecule has 3 nitrogen and oxygen atoms in total. The second kappa shape index (κ2) is 10.1. The Hall–Kier alpha value is 0.157. The highest BCUT2D eigenvalue weighted by Crippen LogP contribution is 2.24. The first-order chi connectivity index (χ1) is 8.14. The van der Waals surface area contributed by atoms with Gasteiger partial charge in [-0.15, -0.1) is 0 Å². The highest BCUT2D eigenvalue weighted by molar-refractivity contribution is 8.13. The van der Waals surface area contributed by atoms with Crippen molar-refractivity contribution in [2.24, 2.45) is 0 Å². The summed E-state index contributed by atoms with van der Waals surface area (Å²) in [7, 11) is 0.0654. The third kappa shape index (κ3) is 7.23. The molecule has 0 aliphatic carbocycles. The van der Waals surface area contributed by atoms with Gasteiger partial charge in [0.2, 0.25) is 5.12 Å². The summed E-state index contributed by atoms with van der Waals surface area (Å²) in [6, 6.07) is 3.52. The van der Waals surface area contributed by atoms with E-state index in [-0.39, 0.29) is 11.7 Å². The molecule has 0 fully saturated rings. The van der Waals surface area contributed by atoms with Gasteiger partial charge in [-0.1, -0.05) is 25.6 Å². The Bertz CT molecular complexity index is 208. The van der Waals surface area contributed by atoms with Crippen molar-refractivity contribution in [3.05, 3.63) is 0 Å². The van der Waals surface area contributed by atoms with Gasteiger partial charge >= 0.3 is 0 Å². The van der Waals surface area contributed by atoms with E-state index in [0.29, 0.717) is 0 Å². The number of rotatable bonds is 10. The van der Waals surface area contributed by atoms with Crippen molar-refractivity contribution >= 4 is 25.2 Å². The number of carbonyl (C=O) groups is 1. The molecule has 0 aliphatic rings. The number of hydrogen-bond acceptors (Lipinski definition) is 4. The molecule has 0 unspecified atom stereocenters. The Balaban J connectivity index is 3.86. The van der Waals surface area contributed by atoms with E-state index in [1.807, 2.05) is 0 Å². The van der Waals surface area contributed by atoms with Crippen molar-refractivity contribution in [2.45, 2.75) is 45.3 Å². The van der Waals surface area contributed by atoms with Gasteiger partial charge in [0.25, 0.3) is 0 Å². The van der Waals surface area contributed by atoms with Crippen molar-refractivity contribution in [3.63, 3.8) is 0 Å². The van der Waals surface area contributed by atoms with Gasteiger partial charge in [-0.3, -0.25) is 4.79 Å². The largest absolute Gasteiger partial charge is 0.417 e. The van der Waals surface area contributed by atoms with E-state index in [0.717, 1.165) is 18.8 Å². The van der Waals surface area contributed by atoms with Crippen LogP contribution < -0.4 is 0 Å². The molecule has 0 heterocycles. The van der Waals surface area contributed by atoms with Crippen LogP contribution in [0.1, 0.15) is 27.2 Å². The number of methoxy groups -OCH3 is 1. The first-order valence-corrected chi connectivity index (χ1v) is 9.94. The van der Waals surface area contributed by atoms with Gasteiger partial charge in [0.1, 0.15) is 6.61 Å². The number of hydrogen-bond donors (Lipinski definition) is 0. The third-order valence-electron chi connectivity index (χ3n) is 3.04. The number of carbonyl (C=O) groups excluding carboxylic acids is 1. The van der Waals surface area contributed by atoms with E-state index in [9.17, 15) is 4.79 Å². The molecule has 102 valence electrons. The first-order valence-electron chi connectivity index (χ1n) is 6.42. The fourth-order valence-electron chi connectivity index (χ4n) is 1.93. The fraction of sp³-hybridized carbons (Fsp3) is 0.917. The maximum atomic E-state index is 11.3. The molecular weight excluding hydrogens is 252 g/mol. The lowest BCUT2D eigenvalue weighted by Gasteiger charge is -2.28. The maximum Gasteiger partial charge on any atom is 0.214 e. The van der Waals surface area contributed by atoms with Crippen LogP contribution in [0.25, 0.3) is 0 Å². The summed E-state index contributed by atoms with van der Waals surface area (Å²) in [5, 5.41) is 0.129. The van der Waals surface area contributed by atoms with E-state index < -0.39 is 8.32 Å². The van der Waals surface area contributed by atoms with Crippen LogP contribution in [0.2, 0.25) is 18.1 Å². The number of thioether (sulfide) groups is 1. The zero-order valence-electron chi connectivity index (χ0n) is 11.6. The van der Waals surface area contributed by atoms with Crippen LogP contribution in [0.5, 0.6) is 0 Å². The van der Waals surface area contributed by atoms with E-state index >= 15 is 0 Å². The van der Waals surface area contributed by atoms with Crippen molar-refractivity contribution < 1.29 is 14.0 Å². The molecule has 0 N–H and O–H groups in total. The molecule has 0 bridgehead atoms. The Kier molecular flexibility index (Phi) is 10.2. The topological polar surface area (TPSA) is 35.5 Å². The molecule has 0 spiro atoms. The third-order valence-corrected chi connectivity index (χ3v) is 8.72. The molecule has 0 rings (SSSR count). The van der Waals surface area contributed by atoms with Crippen LogP contribution in [0.3, 0.4) is 0 Å². The molecule has 17 heavy (non-hydrogen) atoms. The predicted octanol–water partition coefficient (Wildman–Crippen LogP) is 3.30. The van der Waals surface area contributed by atoms with Crippen LogP contribution in [0.4, 0.5) is 0 Å². The lowest BCUT2D eigenvalue weighted by atomic mass is 10.6. The summed E-state index contributed by atoms with van der Waals surface area (Å²) in [6.07, 6.45) is 1.08. The SMILES string of the molecule is CCO[Si](CC)(CC)CCCSC(=O)COC. The van der Waals surface area contributed by atoms with E-state index in [1.54, 1.807) is 7.11 Å². The smallest absolute Gasteiger partial charge is 0.214 e. The van der Waals surface area contributed by atoms with E-state index in [4.69, 9.17) is 9.16 Å². The molecule has 0 aromatic heterocycles. The van der Waals surface area contributed by atoms with Crippen molar-refractivity contribution in [1.82, 2.24) is 0 Å². The highest BCUT2D eigenvalue weighted by atomic mass is 32.2. The van der Waals surface area contributed by atoms with Crippen LogP contribution in [-0.2, 0) is 14.0 Å². The molecule has 0 saturated carbocycles. The van der Waals surface area contributed by atoms with Gasteiger partial charge in [-0.2, -0.15) is 0 Å². The van der Waals surface area contributed by atoms with E-state index in [2.05, 4.69) is 20.8 Å². The second-order valence-electron chi connectivity index (χ2n) is 4.08. The standard InChI is InChI=1S/C12H26O3SSi/c1-5-15-17(6-2,7-3)10-8-9-16-12(13)11-14-4/h5-11H2,1-4H3. The molecule has 0 radical (unpaired) electrons. The van der Waals surface area contributed by atoms with Gasteiger partial charge in [-0.25, -0.2) is 0 Å². The summed E-state index contributed by atoms with van der Waals surface area (Å²) in [6.45, 7) is 7.58. The Labute approximate surface area is 111 Å². The second-order valence-corrected chi connectivity index (χ2v) is 9.80. The van der Waals surface area contributed by atoms with Gasteiger partial charge in [0, 0.05) is 19.5 Å². The van der Waals surface area contributed by atoms with E-state index in [1.165, 1.54) is 29.9 Å². The molecular formula is C12H26O3SSi. The molecule has 0 aliphatic heterocycles. The first kappa shape index (κ1) is 17.2. The lowest BCUT2D eigenvalue weighted by Crippen LogP contribution is -2.36. The zero-order chi connectivity index (χ0) is 13.1. The zero-order valence-corrected chi connectivity index (χ0v) is 13.4. The Morgan fingerprint density at radius 2 is 1.88 bits per heavy atom. The fourth-order valence-corrected chi connectivity index (χ4v) is 6.09. The van der Waals surface area contributed by atoms with Gasteiger partial charge in [0.15, 0.2) is 8.32 Å². The van der Waals surface area contributed by atoms with Gasteiger partial charge in [-0.05, 0) is 31.5 Å². The van der Waals surface area contributed by atoms with Gasteiger partial charge in [0.05, 0.1) is 0 Å². The highest BCUT2D eigenvalue weighted by Gasteiger charge is 2.29. The minimum atomic E-state index is -1.49. The Morgan fingerprint density at radius 1 is 1.24 bits per heavy atom. The summed E-state index contributed by atoms with van der Waals surface area (Å²) in [5.41, 5.74) is 0. The molecule has 0 aromatic rings. The minimum Gasteiger partial charge on any atom is -0.417 e. The van der Waals surface area contributed by atoms with Crippen LogP contribution >= 0.6 is 11.8 Å². The lowest BCUT2D eigenvalue weighted by molar-refractivity contribution is -0.114. The monoisotopic (exact) mass is 278 g/mol. The molecule has 0 atom stereocenters. The quantitative estimate of drug-likeness (QED) is 0.454. The Morgan fingerprint density at radius 3 is 2.35 bits per heavy atom. The summed E-state index contributed by atoms with van der Waals surface area (Å²) < 4.78 is 10.8. The molecule has 5 heteroatoms. The maximum absolute atomic E-state index is 11.3. The van der Waals surface area contributed by atoms with Crippen LogP contribution in [0.15, 0.2) is 0 Å². The predicted molar refractivity (Wildman–Crippen MR) is 77.1 cm³/mol. The summed E-state index contributed by atoms with van der Waals surface area (Å²) in [5.74, 6) is 0.893. The average Bonchev–Trinajstić information content (AvgIpc) is 2.33. The minimum absolute atomic E-state index is 0.129. The normalized spacial score (nSPS) is 11.8. The van der Waals surface area contributed by atoms with Crippen molar-refractivity contribution in [2.75, 3.05) is 26.1 Å². The van der Waals surface area contributed by atoms with Crippen molar-refractivity contribution in [1.29, 1.82) is 0 Å². The summed E-state index contributed by atoms with van der Waals surface area (Å²) >= 11 is 1.38. The van der Waals surface area contributed by atoms with Gasteiger partial charge < -0.3 is 9.16 Å². The molecule has 0 amide bonds. The van der Waals surface area contributed by atoms with Crippen molar-refractivity contribution in [3.8, 4) is 0 Å². The summed E-state index contributed by atoms with van der Waals surface area (Å²) in [4.78, 5) is 11.3. The van der Waals surface area contributed by atoms with Crippen LogP contribution in [0, 0.1) is 0 Å². The van der Waals surface area contributed by atoms with Crippen LogP contribution in [-0.4, -0.2) is 39.5 Å². The molecule has 0 aromatic carbocycles.